The van der Waals surface area contributed by atoms with Gasteiger partial charge in [0.15, 0.2) is 0 Å². The Kier molecular flexibility index (Phi) is 8.01. The second-order valence-electron chi connectivity index (χ2n) is 9.02. The lowest BCUT2D eigenvalue weighted by molar-refractivity contribution is 0.102. The first-order chi connectivity index (χ1) is 18.3. The van der Waals surface area contributed by atoms with Gasteiger partial charge in [-0.3, -0.25) is 14.2 Å². The Morgan fingerprint density at radius 3 is 2.05 bits per heavy atom. The number of hydrogen-bond donors (Lipinski definition) is 3. The van der Waals surface area contributed by atoms with Gasteiger partial charge >= 0.3 is 0 Å². The Balaban J connectivity index is 1.51. The van der Waals surface area contributed by atoms with E-state index in [0.29, 0.717) is 17.1 Å². The molecule has 39 heavy (non-hydrogen) atoms. The van der Waals surface area contributed by atoms with Crippen molar-refractivity contribution in [3.05, 3.63) is 112 Å². The van der Waals surface area contributed by atoms with Gasteiger partial charge < -0.3 is 5.32 Å². The van der Waals surface area contributed by atoms with Crippen molar-refractivity contribution in [2.45, 2.75) is 30.6 Å². The average molecular weight is 584 g/mol. The van der Waals surface area contributed by atoms with E-state index in [1.54, 1.807) is 37.3 Å². The Labute approximate surface area is 233 Å². The summed E-state index contributed by atoms with van der Waals surface area (Å²) < 4.78 is 56.7. The Morgan fingerprint density at radius 2 is 1.38 bits per heavy atom. The predicted molar refractivity (Wildman–Crippen MR) is 155 cm³/mol. The van der Waals surface area contributed by atoms with Crippen molar-refractivity contribution in [3.8, 4) is 0 Å². The Morgan fingerprint density at radius 1 is 0.692 bits per heavy atom. The van der Waals surface area contributed by atoms with Crippen molar-refractivity contribution < 1.29 is 21.6 Å². The van der Waals surface area contributed by atoms with Crippen LogP contribution in [0.5, 0.6) is 0 Å². The van der Waals surface area contributed by atoms with Crippen LogP contribution in [0.4, 0.5) is 17.1 Å². The van der Waals surface area contributed by atoms with Crippen LogP contribution in [0.3, 0.4) is 0 Å². The fraction of sp³-hybridized carbons (Fsp3) is 0.107. The summed E-state index contributed by atoms with van der Waals surface area (Å²) >= 11 is 6.19. The van der Waals surface area contributed by atoms with Crippen molar-refractivity contribution in [1.29, 1.82) is 0 Å². The number of rotatable bonds is 8. The molecule has 0 unspecified atom stereocenters. The standard InChI is InChI=1S/C28H26ClN3O5S2/c1-18-5-4-6-23(16-18)31-38(34,35)24-11-9-22(10-12-24)30-28(33)21-8-13-25(29)27(17-21)39(36,37)32-26-14-7-19(2)15-20(26)3/h4-17,31-32H,1-3H3,(H,30,33). The molecule has 0 saturated carbocycles. The van der Waals surface area contributed by atoms with Crippen LogP contribution >= 0.6 is 11.6 Å². The van der Waals surface area contributed by atoms with Crippen molar-refractivity contribution in [3.63, 3.8) is 0 Å². The molecule has 0 aromatic heterocycles. The van der Waals surface area contributed by atoms with Crippen LogP contribution in [-0.2, 0) is 20.0 Å². The largest absolute Gasteiger partial charge is 0.322 e. The van der Waals surface area contributed by atoms with E-state index in [1.807, 2.05) is 26.0 Å². The number of aryl methyl sites for hydroxylation is 3. The van der Waals surface area contributed by atoms with Crippen LogP contribution < -0.4 is 14.8 Å². The monoisotopic (exact) mass is 583 g/mol. The quantitative estimate of drug-likeness (QED) is 0.231. The Hall–Kier alpha value is -3.86. The molecular weight excluding hydrogens is 558 g/mol. The first-order valence-electron chi connectivity index (χ1n) is 11.7. The average Bonchev–Trinajstić information content (AvgIpc) is 2.86. The van der Waals surface area contributed by atoms with Crippen molar-refractivity contribution >= 4 is 54.6 Å². The third-order valence-corrected chi connectivity index (χ3v) is 9.05. The normalized spacial score (nSPS) is 11.6. The molecule has 0 bridgehead atoms. The van der Waals surface area contributed by atoms with E-state index < -0.39 is 26.0 Å². The first kappa shape index (κ1) is 28.2. The molecule has 3 N–H and O–H groups in total. The smallest absolute Gasteiger partial charge is 0.263 e. The summed E-state index contributed by atoms with van der Waals surface area (Å²) in [5, 5.41) is 2.60. The summed E-state index contributed by atoms with van der Waals surface area (Å²) in [5.41, 5.74) is 3.85. The minimum Gasteiger partial charge on any atom is -0.322 e. The van der Waals surface area contributed by atoms with Gasteiger partial charge in [-0.05, 0) is 92.6 Å². The van der Waals surface area contributed by atoms with Gasteiger partial charge in [0.1, 0.15) is 4.90 Å². The molecule has 0 aliphatic heterocycles. The molecule has 0 heterocycles. The molecule has 1 amide bonds. The fourth-order valence-corrected chi connectivity index (χ4v) is 6.53. The summed E-state index contributed by atoms with van der Waals surface area (Å²) in [6.07, 6.45) is 0. The highest BCUT2D eigenvalue weighted by molar-refractivity contribution is 7.93. The van der Waals surface area contributed by atoms with Crippen LogP contribution in [0.15, 0.2) is 94.7 Å². The van der Waals surface area contributed by atoms with Gasteiger partial charge in [0, 0.05) is 16.9 Å². The second kappa shape index (κ2) is 11.1. The SMILES string of the molecule is Cc1cccc(NS(=O)(=O)c2ccc(NC(=O)c3ccc(Cl)c(S(=O)(=O)Nc4ccc(C)cc4C)c3)cc2)c1. The van der Waals surface area contributed by atoms with Crippen LogP contribution in [0.25, 0.3) is 0 Å². The van der Waals surface area contributed by atoms with Crippen LogP contribution in [0.1, 0.15) is 27.0 Å². The molecule has 202 valence electrons. The summed E-state index contributed by atoms with van der Waals surface area (Å²) in [5.74, 6) is -0.594. The van der Waals surface area contributed by atoms with E-state index in [9.17, 15) is 21.6 Å². The molecule has 4 aromatic carbocycles. The minimum atomic E-state index is -4.09. The van der Waals surface area contributed by atoms with Crippen molar-refractivity contribution in [2.24, 2.45) is 0 Å². The third-order valence-electron chi connectivity index (χ3n) is 5.80. The molecule has 0 spiro atoms. The summed E-state index contributed by atoms with van der Waals surface area (Å²) in [6.45, 7) is 5.54. The van der Waals surface area contributed by atoms with Gasteiger partial charge in [-0.15, -0.1) is 0 Å². The van der Waals surface area contributed by atoms with Gasteiger partial charge in [0.25, 0.3) is 26.0 Å². The highest BCUT2D eigenvalue weighted by atomic mass is 35.5. The number of carbonyl (C=O) groups is 1. The second-order valence-corrected chi connectivity index (χ2v) is 12.8. The van der Waals surface area contributed by atoms with E-state index in [4.69, 9.17) is 11.6 Å². The molecule has 4 aromatic rings. The summed E-state index contributed by atoms with van der Waals surface area (Å²) in [7, 11) is -7.93. The van der Waals surface area contributed by atoms with Gasteiger partial charge in [0.2, 0.25) is 0 Å². The van der Waals surface area contributed by atoms with Crippen LogP contribution in [0.2, 0.25) is 5.02 Å². The number of carbonyl (C=O) groups excluding carboxylic acids is 1. The highest BCUT2D eigenvalue weighted by Crippen LogP contribution is 2.27. The number of hydrogen-bond acceptors (Lipinski definition) is 5. The first-order valence-corrected chi connectivity index (χ1v) is 15.1. The zero-order chi connectivity index (χ0) is 28.4. The maximum Gasteiger partial charge on any atom is 0.263 e. The maximum atomic E-state index is 13.1. The Bertz CT molecular complexity index is 1770. The maximum absolute atomic E-state index is 13.1. The zero-order valence-electron chi connectivity index (χ0n) is 21.3. The van der Waals surface area contributed by atoms with Gasteiger partial charge in [-0.2, -0.15) is 0 Å². The topological polar surface area (TPSA) is 121 Å². The molecule has 0 radical (unpaired) electrons. The molecule has 11 heteroatoms. The summed E-state index contributed by atoms with van der Waals surface area (Å²) in [6, 6.07) is 21.8. The molecule has 8 nitrogen and oxygen atoms in total. The van der Waals surface area contributed by atoms with Crippen molar-refractivity contribution in [2.75, 3.05) is 14.8 Å². The lowest BCUT2D eigenvalue weighted by atomic mass is 10.1. The van der Waals surface area contributed by atoms with Crippen LogP contribution in [0, 0.1) is 20.8 Å². The lowest BCUT2D eigenvalue weighted by Gasteiger charge is -2.13. The summed E-state index contributed by atoms with van der Waals surface area (Å²) in [4.78, 5) is 12.7. The number of nitrogens with one attached hydrogen (secondary N) is 3. The molecule has 0 aliphatic rings. The molecule has 0 fully saturated rings. The molecule has 0 saturated heterocycles. The number of benzene rings is 4. The number of amides is 1. The fourth-order valence-electron chi connectivity index (χ4n) is 3.82. The third kappa shape index (κ3) is 6.78. The number of anilines is 3. The lowest BCUT2D eigenvalue weighted by Crippen LogP contribution is -2.17. The van der Waals surface area contributed by atoms with E-state index in [0.717, 1.165) is 16.7 Å². The van der Waals surface area contributed by atoms with E-state index in [2.05, 4.69) is 14.8 Å². The number of halogens is 1. The zero-order valence-corrected chi connectivity index (χ0v) is 23.7. The molecular formula is C28H26ClN3O5S2. The minimum absolute atomic E-state index is 0.0133. The van der Waals surface area contributed by atoms with E-state index >= 15 is 0 Å². The van der Waals surface area contributed by atoms with Gasteiger partial charge in [0.05, 0.1) is 15.6 Å². The van der Waals surface area contributed by atoms with Crippen LogP contribution in [-0.4, -0.2) is 22.7 Å². The number of sulfonamides is 2. The predicted octanol–water partition coefficient (Wildman–Crippen LogP) is 6.12. The van der Waals surface area contributed by atoms with Gasteiger partial charge in [-0.1, -0.05) is 41.4 Å². The van der Waals surface area contributed by atoms with E-state index in [-0.39, 0.29) is 20.4 Å². The molecule has 0 aliphatic carbocycles. The van der Waals surface area contributed by atoms with E-state index in [1.165, 1.54) is 42.5 Å². The van der Waals surface area contributed by atoms with Crippen molar-refractivity contribution in [1.82, 2.24) is 0 Å². The highest BCUT2D eigenvalue weighted by Gasteiger charge is 2.22. The molecule has 0 atom stereocenters. The molecule has 4 rings (SSSR count). The van der Waals surface area contributed by atoms with Gasteiger partial charge in [-0.25, -0.2) is 16.8 Å².